The van der Waals surface area contributed by atoms with Crippen molar-refractivity contribution in [1.82, 2.24) is 20.0 Å². The zero-order valence-corrected chi connectivity index (χ0v) is 14.3. The normalized spacial score (nSPS) is 20.6. The number of hydrogen-bond donors (Lipinski definition) is 2. The number of aromatic nitrogens is 2. The quantitative estimate of drug-likeness (QED) is 0.802. The van der Waals surface area contributed by atoms with Crippen molar-refractivity contribution in [2.24, 2.45) is 5.73 Å². The molecule has 0 unspecified atom stereocenters. The van der Waals surface area contributed by atoms with Gasteiger partial charge in [0.05, 0.1) is 18.3 Å². The van der Waals surface area contributed by atoms with E-state index in [1.165, 1.54) is 10.7 Å². The van der Waals surface area contributed by atoms with Crippen LogP contribution < -0.4 is 16.6 Å². The molecular formula is C18H23N5O2. The smallest absolute Gasteiger partial charge is 0.266 e. The van der Waals surface area contributed by atoms with E-state index in [1.807, 2.05) is 42.3 Å². The van der Waals surface area contributed by atoms with E-state index < -0.39 is 0 Å². The Morgan fingerprint density at radius 3 is 2.72 bits per heavy atom. The molecule has 1 saturated heterocycles. The zero-order chi connectivity index (χ0) is 17.8. The highest BCUT2D eigenvalue weighted by molar-refractivity contribution is 5.82. The first-order valence-electron chi connectivity index (χ1n) is 8.42. The molecule has 7 nitrogen and oxygen atoms in total. The van der Waals surface area contributed by atoms with Crippen LogP contribution in [0.4, 0.5) is 0 Å². The van der Waals surface area contributed by atoms with E-state index in [0.29, 0.717) is 19.5 Å². The predicted octanol–water partition coefficient (Wildman–Crippen LogP) is 0.0579. The second kappa shape index (κ2) is 7.58. The Morgan fingerprint density at radius 1 is 1.28 bits per heavy atom. The summed E-state index contributed by atoms with van der Waals surface area (Å²) in [5, 5.41) is 7.26. The van der Waals surface area contributed by atoms with E-state index >= 15 is 0 Å². The number of carbonyl (C=O) groups is 1. The molecule has 132 valence electrons. The highest BCUT2D eigenvalue weighted by Gasteiger charge is 2.32. The molecule has 1 aliphatic rings. The fourth-order valence-electron chi connectivity index (χ4n) is 3.12. The Morgan fingerprint density at radius 2 is 2.04 bits per heavy atom. The highest BCUT2D eigenvalue weighted by Crippen LogP contribution is 2.15. The molecule has 25 heavy (non-hydrogen) atoms. The summed E-state index contributed by atoms with van der Waals surface area (Å²) < 4.78 is 1.38. The first-order chi connectivity index (χ1) is 12.0. The van der Waals surface area contributed by atoms with Crippen molar-refractivity contribution in [1.29, 1.82) is 0 Å². The lowest BCUT2D eigenvalue weighted by atomic mass is 10.1. The van der Waals surface area contributed by atoms with Crippen molar-refractivity contribution < 1.29 is 4.79 Å². The SMILES string of the molecule is CN1C[C@@H](N)C[C@H]1C(=O)NCCn1nc(-c2ccccc2)ccc1=O. The zero-order valence-electron chi connectivity index (χ0n) is 14.3. The van der Waals surface area contributed by atoms with Crippen LogP contribution in [0.1, 0.15) is 6.42 Å². The molecule has 0 bridgehead atoms. The first kappa shape index (κ1) is 17.3. The van der Waals surface area contributed by atoms with Crippen LogP contribution in [0.3, 0.4) is 0 Å². The van der Waals surface area contributed by atoms with Crippen LogP contribution in [0.25, 0.3) is 11.3 Å². The second-order valence-electron chi connectivity index (χ2n) is 6.39. The van der Waals surface area contributed by atoms with E-state index in [-0.39, 0.29) is 23.6 Å². The van der Waals surface area contributed by atoms with Crippen molar-refractivity contribution >= 4 is 5.91 Å². The topological polar surface area (TPSA) is 93.2 Å². The van der Waals surface area contributed by atoms with Gasteiger partial charge in [-0.25, -0.2) is 4.68 Å². The third kappa shape index (κ3) is 4.12. The van der Waals surface area contributed by atoms with Gasteiger partial charge in [0.1, 0.15) is 0 Å². The second-order valence-corrected chi connectivity index (χ2v) is 6.39. The minimum absolute atomic E-state index is 0.0348. The standard InChI is InChI=1S/C18H23N5O2/c1-22-12-14(19)11-16(22)18(25)20-9-10-23-17(24)8-7-15(21-23)13-5-3-2-4-6-13/h2-8,14,16H,9-12,19H2,1H3,(H,20,25)/t14-,16-/m0/s1. The van der Waals surface area contributed by atoms with Crippen LogP contribution in [0, 0.1) is 0 Å². The molecule has 1 aliphatic heterocycles. The van der Waals surface area contributed by atoms with Crippen LogP contribution in [-0.4, -0.2) is 52.8 Å². The molecule has 0 aliphatic carbocycles. The van der Waals surface area contributed by atoms with Gasteiger partial charge < -0.3 is 11.1 Å². The van der Waals surface area contributed by atoms with Crippen molar-refractivity contribution in [2.75, 3.05) is 20.1 Å². The summed E-state index contributed by atoms with van der Waals surface area (Å²) in [6, 6.07) is 12.7. The Bertz CT molecular complexity index is 790. The summed E-state index contributed by atoms with van der Waals surface area (Å²) >= 11 is 0. The Kier molecular flexibility index (Phi) is 5.25. The van der Waals surface area contributed by atoms with Gasteiger partial charge in [-0.15, -0.1) is 0 Å². The lowest BCUT2D eigenvalue weighted by molar-refractivity contribution is -0.125. The molecule has 1 aromatic carbocycles. The monoisotopic (exact) mass is 341 g/mol. The van der Waals surface area contributed by atoms with E-state index in [4.69, 9.17) is 5.73 Å². The molecule has 0 spiro atoms. The van der Waals surface area contributed by atoms with Gasteiger partial charge in [-0.05, 0) is 19.5 Å². The fourth-order valence-corrected chi connectivity index (χ4v) is 3.12. The molecular weight excluding hydrogens is 318 g/mol. The minimum Gasteiger partial charge on any atom is -0.353 e. The summed E-state index contributed by atoms with van der Waals surface area (Å²) in [7, 11) is 1.90. The predicted molar refractivity (Wildman–Crippen MR) is 96.0 cm³/mol. The van der Waals surface area contributed by atoms with Crippen LogP contribution in [0.5, 0.6) is 0 Å². The van der Waals surface area contributed by atoms with Crippen molar-refractivity contribution in [2.45, 2.75) is 25.0 Å². The number of carbonyl (C=O) groups excluding carboxylic acids is 1. The molecule has 3 N–H and O–H groups in total. The summed E-state index contributed by atoms with van der Waals surface area (Å²) in [5.74, 6) is -0.0530. The van der Waals surface area contributed by atoms with Crippen LogP contribution in [0.15, 0.2) is 47.3 Å². The van der Waals surface area contributed by atoms with Gasteiger partial charge in [-0.2, -0.15) is 5.10 Å². The number of amides is 1. The van der Waals surface area contributed by atoms with E-state index in [2.05, 4.69) is 10.4 Å². The maximum absolute atomic E-state index is 12.2. The number of nitrogens with two attached hydrogens (primary N) is 1. The Balaban J connectivity index is 1.62. The van der Waals surface area contributed by atoms with Gasteiger partial charge in [0.15, 0.2) is 0 Å². The average molecular weight is 341 g/mol. The van der Waals surface area contributed by atoms with Gasteiger partial charge in [0.25, 0.3) is 5.56 Å². The number of nitrogens with one attached hydrogen (secondary N) is 1. The molecule has 3 rings (SSSR count). The Labute approximate surface area is 146 Å². The minimum atomic E-state index is -0.199. The van der Waals surface area contributed by atoms with Gasteiger partial charge in [-0.1, -0.05) is 30.3 Å². The third-order valence-corrected chi connectivity index (χ3v) is 4.44. The van der Waals surface area contributed by atoms with Gasteiger partial charge in [0.2, 0.25) is 5.91 Å². The van der Waals surface area contributed by atoms with Crippen LogP contribution in [-0.2, 0) is 11.3 Å². The molecule has 2 heterocycles. The number of rotatable bonds is 5. The molecule has 0 saturated carbocycles. The Hall–Kier alpha value is -2.51. The molecule has 1 fully saturated rings. The highest BCUT2D eigenvalue weighted by atomic mass is 16.2. The molecule has 2 aromatic rings. The number of benzene rings is 1. The maximum Gasteiger partial charge on any atom is 0.266 e. The summed E-state index contributed by atoms with van der Waals surface area (Å²) in [4.78, 5) is 26.2. The van der Waals surface area contributed by atoms with Crippen LogP contribution in [0.2, 0.25) is 0 Å². The maximum atomic E-state index is 12.2. The largest absolute Gasteiger partial charge is 0.353 e. The lowest BCUT2D eigenvalue weighted by Crippen LogP contribution is -2.43. The molecule has 7 heteroatoms. The average Bonchev–Trinajstić information content (AvgIpc) is 2.95. The number of likely N-dealkylation sites (tertiary alicyclic amines) is 1. The van der Waals surface area contributed by atoms with E-state index in [9.17, 15) is 9.59 Å². The van der Waals surface area contributed by atoms with Crippen molar-refractivity contribution in [3.63, 3.8) is 0 Å². The lowest BCUT2D eigenvalue weighted by Gasteiger charge is -2.18. The molecule has 0 radical (unpaired) electrons. The van der Waals surface area contributed by atoms with Gasteiger partial charge in [0, 0.05) is 30.8 Å². The summed E-state index contributed by atoms with van der Waals surface area (Å²) in [6.07, 6.45) is 0.657. The number of hydrogen-bond acceptors (Lipinski definition) is 5. The molecule has 2 atom stereocenters. The van der Waals surface area contributed by atoms with Crippen LogP contribution >= 0.6 is 0 Å². The van der Waals surface area contributed by atoms with Crippen molar-refractivity contribution in [3.8, 4) is 11.3 Å². The van der Waals surface area contributed by atoms with E-state index in [0.717, 1.165) is 17.8 Å². The number of likely N-dealkylation sites (N-methyl/N-ethyl adjacent to an activating group) is 1. The summed E-state index contributed by atoms with van der Waals surface area (Å²) in [6.45, 7) is 1.40. The first-order valence-corrected chi connectivity index (χ1v) is 8.42. The van der Waals surface area contributed by atoms with Crippen molar-refractivity contribution in [3.05, 3.63) is 52.8 Å². The molecule has 1 aromatic heterocycles. The number of nitrogens with zero attached hydrogens (tertiary/aromatic N) is 3. The fraction of sp³-hybridized carbons (Fsp3) is 0.389. The van der Waals surface area contributed by atoms with Gasteiger partial charge >= 0.3 is 0 Å². The van der Waals surface area contributed by atoms with Gasteiger partial charge in [-0.3, -0.25) is 14.5 Å². The third-order valence-electron chi connectivity index (χ3n) is 4.44. The molecule has 1 amide bonds. The summed E-state index contributed by atoms with van der Waals surface area (Å²) in [5.41, 5.74) is 7.38. The van der Waals surface area contributed by atoms with E-state index in [1.54, 1.807) is 6.07 Å².